The minimum Gasteiger partial charge on any atom is -0.451 e. The van der Waals surface area contributed by atoms with E-state index >= 15 is 0 Å². The Kier molecular flexibility index (Phi) is 5.12. The lowest BCUT2D eigenvalue weighted by atomic mass is 10.2. The van der Waals surface area contributed by atoms with E-state index in [-0.39, 0.29) is 11.7 Å². The van der Waals surface area contributed by atoms with Gasteiger partial charge in [-0.1, -0.05) is 23.2 Å². The molecule has 0 aliphatic heterocycles. The van der Waals surface area contributed by atoms with Gasteiger partial charge in [0.05, 0.1) is 10.7 Å². The van der Waals surface area contributed by atoms with Gasteiger partial charge in [-0.25, -0.2) is 4.98 Å². The van der Waals surface area contributed by atoms with E-state index in [1.165, 1.54) is 0 Å². The first-order valence-electron chi connectivity index (χ1n) is 6.94. The van der Waals surface area contributed by atoms with Crippen molar-refractivity contribution in [2.24, 2.45) is 0 Å². The number of hydrogen-bond donors (Lipinski definition) is 1. The Morgan fingerprint density at radius 3 is 2.67 bits per heavy atom. The quantitative estimate of drug-likeness (QED) is 0.489. The Labute approximate surface area is 162 Å². The molecule has 0 fully saturated rings. The fraction of sp³-hybridized carbons (Fsp3) is 0.0588. The molecule has 4 nitrogen and oxygen atoms in total. The molecule has 3 aromatic rings. The fourth-order valence-electron chi connectivity index (χ4n) is 2.09. The van der Waals surface area contributed by atoms with Crippen LogP contribution in [0.5, 0.6) is 0 Å². The van der Waals surface area contributed by atoms with E-state index in [4.69, 9.17) is 27.6 Å². The summed E-state index contributed by atoms with van der Waals surface area (Å²) in [5, 5.41) is 3.71. The van der Waals surface area contributed by atoms with Crippen molar-refractivity contribution < 1.29 is 9.21 Å². The zero-order valence-corrected chi connectivity index (χ0v) is 16.1. The van der Waals surface area contributed by atoms with E-state index in [1.54, 1.807) is 36.4 Å². The van der Waals surface area contributed by atoms with Gasteiger partial charge in [0.25, 0.3) is 5.91 Å². The number of carbonyl (C=O) groups is 1. The lowest BCUT2D eigenvalue weighted by Crippen LogP contribution is -2.12. The molecule has 1 amide bonds. The Morgan fingerprint density at radius 1 is 1.17 bits per heavy atom. The average Bonchev–Trinajstić information content (AvgIpc) is 3.01. The number of aryl methyl sites for hydroxylation is 1. The highest BCUT2D eigenvalue weighted by Crippen LogP contribution is 2.31. The summed E-state index contributed by atoms with van der Waals surface area (Å²) in [7, 11) is 0. The molecular weight excluding hydrogens is 462 g/mol. The molecule has 122 valence electrons. The second-order valence-corrected chi connectivity index (χ2v) is 7.01. The number of pyridine rings is 1. The molecule has 0 radical (unpaired) electrons. The Morgan fingerprint density at radius 2 is 1.96 bits per heavy atom. The van der Waals surface area contributed by atoms with Crippen LogP contribution in [-0.4, -0.2) is 10.9 Å². The van der Waals surface area contributed by atoms with Crippen LogP contribution < -0.4 is 5.32 Å². The number of nitrogens with zero attached hydrogens (tertiary/aromatic N) is 1. The Hall–Kier alpha value is -1.57. The highest BCUT2D eigenvalue weighted by molar-refractivity contribution is 14.1. The fourth-order valence-corrected chi connectivity index (χ4v) is 2.89. The summed E-state index contributed by atoms with van der Waals surface area (Å²) >= 11 is 14.2. The van der Waals surface area contributed by atoms with E-state index in [9.17, 15) is 4.79 Å². The molecule has 0 bridgehead atoms. The second kappa shape index (κ2) is 7.13. The van der Waals surface area contributed by atoms with Crippen molar-refractivity contribution >= 4 is 57.5 Å². The molecule has 3 rings (SSSR count). The summed E-state index contributed by atoms with van der Waals surface area (Å²) in [5.74, 6) is 0.766. The van der Waals surface area contributed by atoms with Crippen LogP contribution in [0.2, 0.25) is 10.0 Å². The van der Waals surface area contributed by atoms with Gasteiger partial charge in [-0.15, -0.1) is 0 Å². The summed E-state index contributed by atoms with van der Waals surface area (Å²) in [6.45, 7) is 1.88. The first-order chi connectivity index (χ1) is 11.4. The average molecular weight is 473 g/mol. The molecule has 0 saturated heterocycles. The molecule has 0 atom stereocenters. The Bertz CT molecular complexity index is 925. The molecule has 1 aromatic carbocycles. The van der Waals surface area contributed by atoms with Gasteiger partial charge in [0.2, 0.25) is 0 Å². The van der Waals surface area contributed by atoms with E-state index < -0.39 is 0 Å². The van der Waals surface area contributed by atoms with E-state index in [0.717, 1.165) is 9.26 Å². The van der Waals surface area contributed by atoms with Gasteiger partial charge in [-0.05, 0) is 72.0 Å². The molecule has 2 aromatic heterocycles. The maximum atomic E-state index is 12.3. The third-order valence-electron chi connectivity index (χ3n) is 3.29. The lowest BCUT2D eigenvalue weighted by Gasteiger charge is -2.05. The van der Waals surface area contributed by atoms with Crippen molar-refractivity contribution in [2.75, 3.05) is 5.32 Å². The summed E-state index contributed by atoms with van der Waals surface area (Å²) in [5.41, 5.74) is 1.52. The van der Waals surface area contributed by atoms with Gasteiger partial charge in [0.15, 0.2) is 5.76 Å². The number of aromatic nitrogens is 1. The molecule has 24 heavy (non-hydrogen) atoms. The number of carbonyl (C=O) groups excluding carboxylic acids is 1. The van der Waals surface area contributed by atoms with Crippen molar-refractivity contribution in [3.63, 3.8) is 0 Å². The van der Waals surface area contributed by atoms with Gasteiger partial charge in [-0.3, -0.25) is 4.79 Å². The zero-order valence-electron chi connectivity index (χ0n) is 12.4. The highest BCUT2D eigenvalue weighted by atomic mass is 127. The normalized spacial score (nSPS) is 10.7. The van der Waals surface area contributed by atoms with E-state index in [1.807, 2.05) is 13.0 Å². The number of halogens is 3. The van der Waals surface area contributed by atoms with Crippen LogP contribution >= 0.6 is 45.8 Å². The van der Waals surface area contributed by atoms with Crippen LogP contribution in [-0.2, 0) is 0 Å². The number of nitrogens with one attached hydrogen (secondary N) is 1. The highest BCUT2D eigenvalue weighted by Gasteiger charge is 2.15. The maximum absolute atomic E-state index is 12.3. The predicted octanol–water partition coefficient (Wildman–Crippen LogP) is 5.81. The van der Waals surface area contributed by atoms with Crippen LogP contribution in [0.3, 0.4) is 0 Å². The summed E-state index contributed by atoms with van der Waals surface area (Å²) in [6.07, 6.45) is 0. The predicted molar refractivity (Wildman–Crippen MR) is 104 cm³/mol. The number of amides is 1. The smallest absolute Gasteiger partial charge is 0.292 e. The van der Waals surface area contributed by atoms with Crippen molar-refractivity contribution in [2.45, 2.75) is 6.92 Å². The molecular formula is C17H11Cl2IN2O2. The number of benzene rings is 1. The maximum Gasteiger partial charge on any atom is 0.292 e. The molecule has 7 heteroatoms. The third-order valence-corrected chi connectivity index (χ3v) is 4.98. The van der Waals surface area contributed by atoms with Gasteiger partial charge >= 0.3 is 0 Å². The largest absolute Gasteiger partial charge is 0.451 e. The van der Waals surface area contributed by atoms with E-state index in [2.05, 4.69) is 32.9 Å². The number of rotatable bonds is 3. The first-order valence-corrected chi connectivity index (χ1v) is 8.77. The second-order valence-electron chi connectivity index (χ2n) is 5.01. The van der Waals surface area contributed by atoms with Gasteiger partial charge in [0, 0.05) is 14.2 Å². The lowest BCUT2D eigenvalue weighted by molar-refractivity contribution is 0.0997. The third kappa shape index (κ3) is 3.74. The van der Waals surface area contributed by atoms with Crippen molar-refractivity contribution in [3.05, 3.63) is 67.5 Å². The molecule has 0 spiro atoms. The van der Waals surface area contributed by atoms with Crippen molar-refractivity contribution in [3.8, 4) is 11.3 Å². The number of hydrogen-bond acceptors (Lipinski definition) is 3. The number of anilines is 1. The molecule has 0 aliphatic rings. The summed E-state index contributed by atoms with van der Waals surface area (Å²) in [4.78, 5) is 16.6. The molecule has 0 saturated carbocycles. The molecule has 0 unspecified atom stereocenters. The van der Waals surface area contributed by atoms with Crippen LogP contribution in [0.1, 0.15) is 16.2 Å². The minimum atomic E-state index is -0.376. The van der Waals surface area contributed by atoms with Crippen LogP contribution in [0.25, 0.3) is 11.3 Å². The monoisotopic (exact) mass is 472 g/mol. The Balaban J connectivity index is 1.82. The SMILES string of the molecule is Cc1nc(NC(=O)c2ccc(-c3ccc(Cl)cc3Cl)o2)ccc1I. The van der Waals surface area contributed by atoms with Gasteiger partial charge < -0.3 is 9.73 Å². The van der Waals surface area contributed by atoms with Gasteiger partial charge in [0.1, 0.15) is 11.6 Å². The van der Waals surface area contributed by atoms with Crippen LogP contribution in [0, 0.1) is 10.5 Å². The van der Waals surface area contributed by atoms with Crippen LogP contribution in [0.4, 0.5) is 5.82 Å². The summed E-state index contributed by atoms with van der Waals surface area (Å²) in [6, 6.07) is 12.0. The molecule has 1 N–H and O–H groups in total. The standard InChI is InChI=1S/C17H11Cl2IN2O2/c1-9-13(20)4-7-16(21-9)22-17(23)15-6-5-14(24-15)11-3-2-10(18)8-12(11)19/h2-8H,1H3,(H,21,22,23). The summed E-state index contributed by atoms with van der Waals surface area (Å²) < 4.78 is 6.64. The first kappa shape index (κ1) is 17.3. The zero-order chi connectivity index (χ0) is 17.3. The number of furan rings is 1. The molecule has 2 heterocycles. The topological polar surface area (TPSA) is 55.1 Å². The van der Waals surface area contributed by atoms with E-state index in [0.29, 0.717) is 27.2 Å². The van der Waals surface area contributed by atoms with Gasteiger partial charge in [-0.2, -0.15) is 0 Å². The minimum absolute atomic E-state index is 0.175. The van der Waals surface area contributed by atoms with Crippen molar-refractivity contribution in [1.82, 2.24) is 4.98 Å². The van der Waals surface area contributed by atoms with Crippen molar-refractivity contribution in [1.29, 1.82) is 0 Å². The van der Waals surface area contributed by atoms with Crippen LogP contribution in [0.15, 0.2) is 46.9 Å². The molecule has 0 aliphatic carbocycles.